The van der Waals surface area contributed by atoms with Crippen LogP contribution in [0.4, 0.5) is 5.69 Å². The summed E-state index contributed by atoms with van der Waals surface area (Å²) in [7, 11) is 0. The number of benzene rings is 1. The number of amides is 2. The van der Waals surface area contributed by atoms with Crippen LogP contribution in [0.25, 0.3) is 0 Å². The standard InChI is InChI=1S/C19H27N3O3/c20-17(14-8-12-25-13-9-14)19(24)22-10-6-15(7-11-22)18(23)21-16-4-2-1-3-5-16/h1-5,14-15,17H,6-13,20H2,(H,21,23). The highest BCUT2D eigenvalue weighted by Gasteiger charge is 2.33. The molecule has 1 aromatic carbocycles. The molecule has 0 saturated carbocycles. The second-order valence-corrected chi connectivity index (χ2v) is 6.93. The fraction of sp³-hybridized carbons (Fsp3) is 0.579. The number of para-hydroxylation sites is 1. The number of anilines is 1. The summed E-state index contributed by atoms with van der Waals surface area (Å²) >= 11 is 0. The van der Waals surface area contributed by atoms with Crippen LogP contribution in [0.1, 0.15) is 25.7 Å². The highest BCUT2D eigenvalue weighted by molar-refractivity contribution is 5.92. The fourth-order valence-corrected chi connectivity index (χ4v) is 3.62. The van der Waals surface area contributed by atoms with Gasteiger partial charge in [0.25, 0.3) is 0 Å². The molecule has 2 amide bonds. The minimum absolute atomic E-state index is 0.0221. The van der Waals surface area contributed by atoms with Gasteiger partial charge in [-0.1, -0.05) is 18.2 Å². The minimum Gasteiger partial charge on any atom is -0.381 e. The Hall–Kier alpha value is -1.92. The predicted molar refractivity (Wildman–Crippen MR) is 95.9 cm³/mol. The van der Waals surface area contributed by atoms with Gasteiger partial charge >= 0.3 is 0 Å². The molecule has 2 aliphatic rings. The van der Waals surface area contributed by atoms with Gasteiger partial charge in [-0.05, 0) is 43.7 Å². The van der Waals surface area contributed by atoms with E-state index in [1.54, 1.807) is 0 Å². The highest BCUT2D eigenvalue weighted by atomic mass is 16.5. The van der Waals surface area contributed by atoms with Gasteiger partial charge < -0.3 is 20.7 Å². The van der Waals surface area contributed by atoms with Crippen LogP contribution in [0, 0.1) is 11.8 Å². The molecule has 2 fully saturated rings. The number of carbonyl (C=O) groups excluding carboxylic acids is 2. The Balaban J connectivity index is 1.47. The van der Waals surface area contributed by atoms with Gasteiger partial charge in [0.15, 0.2) is 0 Å². The number of hydrogen-bond donors (Lipinski definition) is 2. The molecule has 0 spiro atoms. The first-order valence-electron chi connectivity index (χ1n) is 9.13. The van der Waals surface area contributed by atoms with E-state index in [2.05, 4.69) is 5.32 Å². The van der Waals surface area contributed by atoms with Crippen molar-refractivity contribution in [1.82, 2.24) is 4.90 Å². The fourth-order valence-electron chi connectivity index (χ4n) is 3.62. The topological polar surface area (TPSA) is 84.7 Å². The van der Waals surface area contributed by atoms with E-state index in [4.69, 9.17) is 10.5 Å². The largest absolute Gasteiger partial charge is 0.381 e. The number of nitrogens with two attached hydrogens (primary N) is 1. The number of ether oxygens (including phenoxy) is 1. The van der Waals surface area contributed by atoms with E-state index >= 15 is 0 Å². The third-order valence-corrected chi connectivity index (χ3v) is 5.28. The summed E-state index contributed by atoms with van der Waals surface area (Å²) < 4.78 is 5.34. The second kappa shape index (κ2) is 8.45. The van der Waals surface area contributed by atoms with Gasteiger partial charge in [0.2, 0.25) is 11.8 Å². The molecule has 2 aliphatic heterocycles. The van der Waals surface area contributed by atoms with E-state index < -0.39 is 6.04 Å². The Labute approximate surface area is 148 Å². The summed E-state index contributed by atoms with van der Waals surface area (Å²) in [4.78, 5) is 26.8. The molecular weight excluding hydrogens is 318 g/mol. The van der Waals surface area contributed by atoms with E-state index in [1.165, 1.54) is 0 Å². The van der Waals surface area contributed by atoms with Crippen molar-refractivity contribution in [2.75, 3.05) is 31.6 Å². The Kier molecular flexibility index (Phi) is 6.04. The van der Waals surface area contributed by atoms with Crippen molar-refractivity contribution in [3.63, 3.8) is 0 Å². The molecule has 0 bridgehead atoms. The zero-order valence-corrected chi connectivity index (χ0v) is 14.5. The molecule has 1 atom stereocenters. The average Bonchev–Trinajstić information content (AvgIpc) is 2.68. The molecule has 6 heteroatoms. The van der Waals surface area contributed by atoms with E-state index in [-0.39, 0.29) is 23.7 Å². The van der Waals surface area contributed by atoms with Crippen LogP contribution in [0.15, 0.2) is 30.3 Å². The second-order valence-electron chi connectivity index (χ2n) is 6.93. The van der Waals surface area contributed by atoms with Crippen LogP contribution >= 0.6 is 0 Å². The average molecular weight is 345 g/mol. The molecule has 136 valence electrons. The first kappa shape index (κ1) is 17.9. The number of nitrogens with one attached hydrogen (secondary N) is 1. The maximum Gasteiger partial charge on any atom is 0.239 e. The summed E-state index contributed by atoms with van der Waals surface area (Å²) in [6, 6.07) is 9.02. The van der Waals surface area contributed by atoms with Crippen molar-refractivity contribution >= 4 is 17.5 Å². The maximum absolute atomic E-state index is 12.6. The van der Waals surface area contributed by atoms with Crippen LogP contribution in [-0.2, 0) is 14.3 Å². The molecule has 0 aliphatic carbocycles. The molecule has 0 radical (unpaired) electrons. The van der Waals surface area contributed by atoms with E-state index in [0.29, 0.717) is 39.1 Å². The van der Waals surface area contributed by atoms with Crippen molar-refractivity contribution < 1.29 is 14.3 Å². The third kappa shape index (κ3) is 4.58. The predicted octanol–water partition coefficient (Wildman–Crippen LogP) is 1.62. The molecule has 25 heavy (non-hydrogen) atoms. The van der Waals surface area contributed by atoms with Crippen molar-refractivity contribution in [1.29, 1.82) is 0 Å². The smallest absolute Gasteiger partial charge is 0.239 e. The first-order valence-corrected chi connectivity index (χ1v) is 9.13. The third-order valence-electron chi connectivity index (χ3n) is 5.28. The van der Waals surface area contributed by atoms with Crippen LogP contribution in [0.2, 0.25) is 0 Å². The van der Waals surface area contributed by atoms with Gasteiger partial charge in [0, 0.05) is 37.9 Å². The lowest BCUT2D eigenvalue weighted by Crippen LogP contribution is -2.51. The van der Waals surface area contributed by atoms with E-state index in [9.17, 15) is 9.59 Å². The van der Waals surface area contributed by atoms with Gasteiger partial charge in [-0.2, -0.15) is 0 Å². The number of rotatable bonds is 4. The number of hydrogen-bond acceptors (Lipinski definition) is 4. The van der Waals surface area contributed by atoms with Crippen LogP contribution in [0.5, 0.6) is 0 Å². The summed E-state index contributed by atoms with van der Waals surface area (Å²) in [6.07, 6.45) is 3.07. The van der Waals surface area contributed by atoms with Crippen LogP contribution in [0.3, 0.4) is 0 Å². The quantitative estimate of drug-likeness (QED) is 0.868. The van der Waals surface area contributed by atoms with E-state index in [0.717, 1.165) is 18.5 Å². The molecule has 1 aromatic rings. The Morgan fingerprint density at radius 1 is 1.08 bits per heavy atom. The summed E-state index contributed by atoms with van der Waals surface area (Å²) in [5.74, 6) is 0.213. The summed E-state index contributed by atoms with van der Waals surface area (Å²) in [5, 5.41) is 2.95. The van der Waals surface area contributed by atoms with Gasteiger partial charge in [0.1, 0.15) is 0 Å². The lowest BCUT2D eigenvalue weighted by Gasteiger charge is -2.35. The number of likely N-dealkylation sites (tertiary alicyclic amines) is 1. The van der Waals surface area contributed by atoms with Crippen molar-refractivity contribution in [2.45, 2.75) is 31.7 Å². The van der Waals surface area contributed by atoms with Crippen molar-refractivity contribution in [3.8, 4) is 0 Å². The molecule has 3 N–H and O–H groups in total. The van der Waals surface area contributed by atoms with Crippen molar-refractivity contribution in [3.05, 3.63) is 30.3 Å². The van der Waals surface area contributed by atoms with Gasteiger partial charge in [-0.25, -0.2) is 0 Å². The highest BCUT2D eigenvalue weighted by Crippen LogP contribution is 2.23. The summed E-state index contributed by atoms with van der Waals surface area (Å²) in [6.45, 7) is 2.58. The molecule has 3 rings (SSSR count). The number of carbonyl (C=O) groups is 2. The van der Waals surface area contributed by atoms with Gasteiger partial charge in [-0.3, -0.25) is 9.59 Å². The lowest BCUT2D eigenvalue weighted by atomic mass is 9.90. The first-order chi connectivity index (χ1) is 12.1. The molecule has 2 heterocycles. The normalized spacial score (nSPS) is 20.9. The molecule has 1 unspecified atom stereocenters. The monoisotopic (exact) mass is 345 g/mol. The van der Waals surface area contributed by atoms with Crippen LogP contribution in [-0.4, -0.2) is 49.1 Å². The zero-order valence-electron chi connectivity index (χ0n) is 14.5. The molecule has 6 nitrogen and oxygen atoms in total. The minimum atomic E-state index is -0.446. The molecule has 0 aromatic heterocycles. The summed E-state index contributed by atoms with van der Waals surface area (Å²) in [5.41, 5.74) is 7.01. The Morgan fingerprint density at radius 2 is 1.72 bits per heavy atom. The van der Waals surface area contributed by atoms with Gasteiger partial charge in [0.05, 0.1) is 6.04 Å². The lowest BCUT2D eigenvalue weighted by molar-refractivity contribution is -0.137. The zero-order chi connectivity index (χ0) is 17.6. The molecular formula is C19H27N3O3. The SMILES string of the molecule is NC(C(=O)N1CCC(C(=O)Nc2ccccc2)CC1)C1CCOCC1. The number of piperidine rings is 1. The Bertz CT molecular complexity index is 579. The van der Waals surface area contributed by atoms with E-state index in [1.807, 2.05) is 35.2 Å². The van der Waals surface area contributed by atoms with Gasteiger partial charge in [-0.15, -0.1) is 0 Å². The van der Waals surface area contributed by atoms with Crippen LogP contribution < -0.4 is 11.1 Å². The Morgan fingerprint density at radius 3 is 2.36 bits per heavy atom. The maximum atomic E-state index is 12.6. The number of nitrogens with zero attached hydrogens (tertiary/aromatic N) is 1. The molecule has 2 saturated heterocycles. The van der Waals surface area contributed by atoms with Crippen molar-refractivity contribution in [2.24, 2.45) is 17.6 Å².